The van der Waals surface area contributed by atoms with Gasteiger partial charge < -0.3 is 14.7 Å². The van der Waals surface area contributed by atoms with Gasteiger partial charge in [-0.15, -0.1) is 0 Å². The average Bonchev–Trinajstić information content (AvgIpc) is 2.36. The lowest BCUT2D eigenvalue weighted by atomic mass is 10.1. The number of carbonyl (C=O) groups is 2. The second-order valence-corrected chi connectivity index (χ2v) is 4.18. The van der Waals surface area contributed by atoms with Crippen LogP contribution in [-0.4, -0.2) is 36.0 Å². The average molecular weight is 263 g/mol. The van der Waals surface area contributed by atoms with Crippen molar-refractivity contribution in [3.05, 3.63) is 41.5 Å². The number of aryl methyl sites for hydroxylation is 1. The van der Waals surface area contributed by atoms with Crippen molar-refractivity contribution in [2.45, 2.75) is 13.5 Å². The number of hydrogen-bond acceptors (Lipinski definition) is 3. The van der Waals surface area contributed by atoms with E-state index in [0.717, 1.165) is 23.3 Å². The quantitative estimate of drug-likeness (QED) is 0.819. The molecule has 0 heterocycles. The van der Waals surface area contributed by atoms with Gasteiger partial charge in [0.05, 0.1) is 7.11 Å². The molecule has 0 aromatic heterocycles. The molecule has 1 aromatic rings. The molecule has 0 bridgehead atoms. The normalized spacial score (nSPS) is 10.5. The molecule has 0 spiro atoms. The maximum Gasteiger partial charge on any atom is 0.328 e. The fourth-order valence-electron chi connectivity index (χ4n) is 1.63. The predicted octanol–water partition coefficient (Wildman–Crippen LogP) is 1.60. The Morgan fingerprint density at radius 2 is 2.05 bits per heavy atom. The highest BCUT2D eigenvalue weighted by Gasteiger charge is 2.10. The summed E-state index contributed by atoms with van der Waals surface area (Å²) in [4.78, 5) is 23.5. The Labute approximate surface area is 112 Å². The van der Waals surface area contributed by atoms with Crippen LogP contribution in [0.3, 0.4) is 0 Å². The molecule has 1 rings (SSSR count). The van der Waals surface area contributed by atoms with E-state index in [0.29, 0.717) is 12.3 Å². The van der Waals surface area contributed by atoms with Gasteiger partial charge in [-0.1, -0.05) is 17.7 Å². The van der Waals surface area contributed by atoms with E-state index < -0.39 is 5.97 Å². The van der Waals surface area contributed by atoms with Crippen LogP contribution < -0.4 is 4.74 Å². The van der Waals surface area contributed by atoms with Gasteiger partial charge in [-0.3, -0.25) is 4.79 Å². The van der Waals surface area contributed by atoms with Crippen LogP contribution in [0.4, 0.5) is 0 Å². The zero-order valence-corrected chi connectivity index (χ0v) is 11.2. The molecule has 1 N–H and O–H groups in total. The highest BCUT2D eigenvalue weighted by atomic mass is 16.5. The zero-order valence-electron chi connectivity index (χ0n) is 11.2. The summed E-state index contributed by atoms with van der Waals surface area (Å²) in [6, 6.07) is 5.70. The standard InChI is InChI=1S/C14H17NO4/c1-10-4-5-12(19-3)11(8-10)9-15(2)13(16)6-7-14(17)18/h4-8H,9H2,1-3H3,(H,17,18)/b7-6+. The Balaban J connectivity index is 2.81. The largest absolute Gasteiger partial charge is 0.496 e. The summed E-state index contributed by atoms with van der Waals surface area (Å²) in [5.74, 6) is -0.812. The Hall–Kier alpha value is -2.30. The van der Waals surface area contributed by atoms with E-state index in [9.17, 15) is 9.59 Å². The molecule has 0 saturated carbocycles. The van der Waals surface area contributed by atoms with Crippen molar-refractivity contribution in [3.8, 4) is 5.75 Å². The third-order valence-electron chi connectivity index (χ3n) is 2.59. The van der Waals surface area contributed by atoms with Crippen molar-refractivity contribution < 1.29 is 19.4 Å². The first-order valence-electron chi connectivity index (χ1n) is 5.73. The monoisotopic (exact) mass is 263 g/mol. The number of aliphatic carboxylic acids is 1. The van der Waals surface area contributed by atoms with Gasteiger partial charge in [-0.05, 0) is 13.0 Å². The van der Waals surface area contributed by atoms with Crippen molar-refractivity contribution in [1.29, 1.82) is 0 Å². The summed E-state index contributed by atoms with van der Waals surface area (Å²) < 4.78 is 5.23. The molecular formula is C14H17NO4. The third-order valence-corrected chi connectivity index (χ3v) is 2.59. The highest BCUT2D eigenvalue weighted by Crippen LogP contribution is 2.21. The van der Waals surface area contributed by atoms with Crippen LogP contribution >= 0.6 is 0 Å². The number of rotatable bonds is 5. The summed E-state index contributed by atoms with van der Waals surface area (Å²) in [7, 11) is 3.18. The fourth-order valence-corrected chi connectivity index (χ4v) is 1.63. The molecule has 0 aliphatic rings. The first kappa shape index (κ1) is 14.8. The fraction of sp³-hybridized carbons (Fsp3) is 0.286. The minimum atomic E-state index is -1.14. The number of amides is 1. The lowest BCUT2D eigenvalue weighted by Gasteiger charge is -2.17. The molecule has 0 atom stereocenters. The minimum Gasteiger partial charge on any atom is -0.496 e. The number of carbonyl (C=O) groups excluding carboxylic acids is 1. The molecule has 0 unspecified atom stereocenters. The molecule has 0 aliphatic heterocycles. The summed E-state index contributed by atoms with van der Waals surface area (Å²) in [5, 5.41) is 8.47. The van der Waals surface area contributed by atoms with E-state index in [1.165, 1.54) is 4.90 Å². The maximum absolute atomic E-state index is 11.7. The van der Waals surface area contributed by atoms with Gasteiger partial charge in [0, 0.05) is 31.3 Å². The lowest BCUT2D eigenvalue weighted by molar-refractivity contribution is -0.132. The smallest absolute Gasteiger partial charge is 0.328 e. The van der Waals surface area contributed by atoms with Crippen molar-refractivity contribution >= 4 is 11.9 Å². The molecule has 0 radical (unpaired) electrons. The molecule has 5 nitrogen and oxygen atoms in total. The second-order valence-electron chi connectivity index (χ2n) is 4.18. The number of nitrogens with zero attached hydrogens (tertiary/aromatic N) is 1. The van der Waals surface area contributed by atoms with Crippen LogP contribution in [-0.2, 0) is 16.1 Å². The van der Waals surface area contributed by atoms with E-state index in [1.807, 2.05) is 25.1 Å². The molecule has 0 saturated heterocycles. The van der Waals surface area contributed by atoms with Crippen LogP contribution in [0, 0.1) is 6.92 Å². The molecule has 0 fully saturated rings. The Bertz CT molecular complexity index is 508. The summed E-state index contributed by atoms with van der Waals surface area (Å²) in [6.45, 7) is 2.31. The van der Waals surface area contributed by atoms with Crippen LogP contribution in [0.25, 0.3) is 0 Å². The molecule has 19 heavy (non-hydrogen) atoms. The topological polar surface area (TPSA) is 66.8 Å². The first-order chi connectivity index (χ1) is 8.93. The van der Waals surface area contributed by atoms with Crippen LogP contribution in [0.2, 0.25) is 0 Å². The van der Waals surface area contributed by atoms with E-state index in [-0.39, 0.29) is 5.91 Å². The van der Waals surface area contributed by atoms with Gasteiger partial charge in [0.25, 0.3) is 0 Å². The number of ether oxygens (including phenoxy) is 1. The summed E-state index contributed by atoms with van der Waals surface area (Å²) >= 11 is 0. The van der Waals surface area contributed by atoms with E-state index in [1.54, 1.807) is 14.2 Å². The Morgan fingerprint density at radius 1 is 1.37 bits per heavy atom. The third kappa shape index (κ3) is 4.46. The molecule has 1 aromatic carbocycles. The zero-order chi connectivity index (χ0) is 14.4. The van der Waals surface area contributed by atoms with Crippen molar-refractivity contribution in [2.75, 3.05) is 14.2 Å². The number of benzene rings is 1. The highest BCUT2D eigenvalue weighted by molar-refractivity contribution is 5.93. The van der Waals surface area contributed by atoms with Gasteiger partial charge in [-0.25, -0.2) is 4.79 Å². The first-order valence-corrected chi connectivity index (χ1v) is 5.73. The van der Waals surface area contributed by atoms with Crippen LogP contribution in [0.5, 0.6) is 5.75 Å². The number of likely N-dealkylation sites (N-methyl/N-ethyl adjacent to an activating group) is 1. The number of carboxylic acids is 1. The molecule has 5 heteroatoms. The Kier molecular flexibility index (Phi) is 5.11. The summed E-state index contributed by atoms with van der Waals surface area (Å²) in [6.07, 6.45) is 1.86. The van der Waals surface area contributed by atoms with Crippen molar-refractivity contribution in [2.24, 2.45) is 0 Å². The second kappa shape index (κ2) is 6.58. The predicted molar refractivity (Wildman–Crippen MR) is 71.0 cm³/mol. The van der Waals surface area contributed by atoms with Crippen LogP contribution in [0.15, 0.2) is 30.4 Å². The molecule has 102 valence electrons. The number of methoxy groups -OCH3 is 1. The lowest BCUT2D eigenvalue weighted by Crippen LogP contribution is -2.24. The number of hydrogen-bond donors (Lipinski definition) is 1. The Morgan fingerprint density at radius 3 is 2.63 bits per heavy atom. The van der Waals surface area contributed by atoms with Crippen LogP contribution in [0.1, 0.15) is 11.1 Å². The van der Waals surface area contributed by atoms with Gasteiger partial charge in [0.2, 0.25) is 5.91 Å². The van der Waals surface area contributed by atoms with Crippen molar-refractivity contribution in [1.82, 2.24) is 4.90 Å². The molecule has 0 aliphatic carbocycles. The SMILES string of the molecule is COc1ccc(C)cc1CN(C)C(=O)/C=C/C(=O)O. The number of carboxylic acid groups (broad SMARTS) is 1. The van der Waals surface area contributed by atoms with Gasteiger partial charge in [-0.2, -0.15) is 0 Å². The van der Waals surface area contributed by atoms with E-state index in [4.69, 9.17) is 9.84 Å². The maximum atomic E-state index is 11.7. The van der Waals surface area contributed by atoms with Gasteiger partial charge >= 0.3 is 5.97 Å². The van der Waals surface area contributed by atoms with E-state index >= 15 is 0 Å². The molecular weight excluding hydrogens is 246 g/mol. The van der Waals surface area contributed by atoms with E-state index in [2.05, 4.69) is 0 Å². The van der Waals surface area contributed by atoms with Gasteiger partial charge in [0.15, 0.2) is 0 Å². The summed E-state index contributed by atoms with van der Waals surface area (Å²) in [5.41, 5.74) is 1.94. The van der Waals surface area contributed by atoms with Gasteiger partial charge in [0.1, 0.15) is 5.75 Å². The molecule has 1 amide bonds. The van der Waals surface area contributed by atoms with Crippen molar-refractivity contribution in [3.63, 3.8) is 0 Å². The minimum absolute atomic E-state index is 0.355.